The van der Waals surface area contributed by atoms with E-state index in [0.29, 0.717) is 24.4 Å². The van der Waals surface area contributed by atoms with Crippen LogP contribution in [0.5, 0.6) is 5.75 Å². The van der Waals surface area contributed by atoms with Gasteiger partial charge < -0.3 is 19.8 Å². The van der Waals surface area contributed by atoms with Crippen LogP contribution in [-0.2, 0) is 0 Å². The van der Waals surface area contributed by atoms with Crippen LogP contribution in [0.25, 0.3) is 0 Å². The summed E-state index contributed by atoms with van der Waals surface area (Å²) in [7, 11) is 1.65. The molecule has 1 saturated heterocycles. The summed E-state index contributed by atoms with van der Waals surface area (Å²) in [5, 5.41) is 23.7. The summed E-state index contributed by atoms with van der Waals surface area (Å²) >= 11 is 0. The number of rotatable bonds is 6. The second-order valence-corrected chi connectivity index (χ2v) is 15.8. The summed E-state index contributed by atoms with van der Waals surface area (Å²) in [6.45, 7) is 9.05. The van der Waals surface area contributed by atoms with E-state index in [1.54, 1.807) is 7.11 Å². The van der Waals surface area contributed by atoms with Gasteiger partial charge >= 0.3 is 0 Å². The van der Waals surface area contributed by atoms with E-state index >= 15 is 0 Å². The summed E-state index contributed by atoms with van der Waals surface area (Å²) in [4.78, 5) is 24.1. The molecular formula is C39H49N3O4. The van der Waals surface area contributed by atoms with Gasteiger partial charge in [-0.05, 0) is 98.6 Å². The number of ketones is 1. The number of pyridine rings is 1. The van der Waals surface area contributed by atoms with Crippen molar-refractivity contribution in [2.24, 2.45) is 33.5 Å². The highest BCUT2D eigenvalue weighted by molar-refractivity contribution is 6.10. The molecule has 7 heteroatoms. The van der Waals surface area contributed by atoms with Gasteiger partial charge in [0.1, 0.15) is 11.6 Å². The van der Waals surface area contributed by atoms with E-state index in [4.69, 9.17) is 4.74 Å². The zero-order valence-electron chi connectivity index (χ0n) is 27.6. The van der Waals surface area contributed by atoms with Crippen molar-refractivity contribution in [1.82, 2.24) is 9.88 Å². The molecule has 0 amide bonds. The first-order valence-electron chi connectivity index (χ1n) is 17.5. The van der Waals surface area contributed by atoms with Crippen molar-refractivity contribution in [2.75, 3.05) is 44.7 Å². The number of Topliss-reactive ketones (excluding diaryl/α,β-unsaturated/α-hetero) is 1. The van der Waals surface area contributed by atoms with E-state index < -0.39 is 11.0 Å². The number of β-amino-alcohol motifs (C(OH)–C–C–N with tert-alkyl or cyclic N) is 1. The number of nitrogens with zero attached hydrogens (tertiary/aromatic N) is 3. The number of anilines is 1. The number of carbonyl (C=O) groups is 1. The molecule has 2 heterocycles. The van der Waals surface area contributed by atoms with E-state index in [9.17, 15) is 15.0 Å². The topological polar surface area (TPSA) is 86.1 Å². The number of hydrogen-bond donors (Lipinski definition) is 2. The van der Waals surface area contributed by atoms with Crippen LogP contribution in [0, 0.1) is 33.5 Å². The first-order valence-corrected chi connectivity index (χ1v) is 17.5. The molecule has 3 saturated carbocycles. The third-order valence-electron chi connectivity index (χ3n) is 14.1. The number of hydrogen-bond acceptors (Lipinski definition) is 7. The predicted molar refractivity (Wildman–Crippen MR) is 179 cm³/mol. The summed E-state index contributed by atoms with van der Waals surface area (Å²) in [6.07, 6.45) is 14.6. The molecule has 8 atom stereocenters. The number of allylic oxidation sites excluding steroid dienone is 4. The normalized spacial score (nSPS) is 41.4. The number of benzene rings is 1. The Kier molecular flexibility index (Phi) is 6.93. The molecule has 1 aromatic carbocycles. The van der Waals surface area contributed by atoms with E-state index in [-0.39, 0.29) is 34.1 Å². The number of aromatic nitrogens is 1. The lowest BCUT2D eigenvalue weighted by Gasteiger charge is -2.71. The Morgan fingerprint density at radius 3 is 2.37 bits per heavy atom. The molecule has 6 aliphatic carbocycles. The average molecular weight is 624 g/mol. The minimum atomic E-state index is -0.831. The summed E-state index contributed by atoms with van der Waals surface area (Å²) in [6, 6.07) is 13.6. The number of aliphatic hydroxyl groups is 2. The fourth-order valence-electron chi connectivity index (χ4n) is 11.5. The Hall–Kier alpha value is -3.00. The molecule has 244 valence electrons. The molecule has 7 nitrogen and oxygen atoms in total. The lowest BCUT2D eigenvalue weighted by molar-refractivity contribution is -0.176. The predicted octanol–water partition coefficient (Wildman–Crippen LogP) is 5.69. The summed E-state index contributed by atoms with van der Waals surface area (Å²) in [5.74, 6) is 2.30. The Labute approximate surface area is 273 Å². The van der Waals surface area contributed by atoms with Crippen molar-refractivity contribution < 1.29 is 19.7 Å². The Morgan fingerprint density at radius 2 is 1.65 bits per heavy atom. The molecule has 2 bridgehead atoms. The first-order chi connectivity index (χ1) is 22.1. The van der Waals surface area contributed by atoms with E-state index in [2.05, 4.69) is 52.9 Å². The van der Waals surface area contributed by atoms with Crippen molar-refractivity contribution in [3.63, 3.8) is 0 Å². The van der Waals surface area contributed by atoms with Crippen molar-refractivity contribution in [3.8, 4) is 5.75 Å². The van der Waals surface area contributed by atoms with Crippen LogP contribution in [-0.4, -0.2) is 77.4 Å². The van der Waals surface area contributed by atoms with Gasteiger partial charge in [0.05, 0.1) is 18.8 Å². The minimum absolute atomic E-state index is 0.0332. The summed E-state index contributed by atoms with van der Waals surface area (Å²) < 4.78 is 5.40. The van der Waals surface area contributed by atoms with E-state index in [1.165, 1.54) is 0 Å². The van der Waals surface area contributed by atoms with Gasteiger partial charge in [-0.1, -0.05) is 38.1 Å². The van der Waals surface area contributed by atoms with Crippen LogP contribution in [0.15, 0.2) is 72.5 Å². The van der Waals surface area contributed by atoms with E-state index in [0.717, 1.165) is 81.8 Å². The number of ether oxygens (including phenoxy) is 1. The zero-order valence-corrected chi connectivity index (χ0v) is 27.6. The number of aliphatic hydroxyl groups excluding tert-OH is 1. The third-order valence-corrected chi connectivity index (χ3v) is 14.1. The molecule has 1 aliphatic heterocycles. The molecule has 2 aromatic rings. The van der Waals surface area contributed by atoms with Crippen LogP contribution < -0.4 is 9.64 Å². The Bertz CT molecular complexity index is 1570. The molecule has 46 heavy (non-hydrogen) atoms. The largest absolute Gasteiger partial charge is 0.497 e. The standard InChI is InChI=1S/C39H49N3O4/c1-35-14-11-28(43)24-37(35)17-18-39(30(25-37)34(44)27-7-9-29(46-3)10-8-27)31(35)12-15-36(2)32(39)13-16-38(36,45)26-41-20-22-42(23-21-41)33-6-4-5-19-40-33/h4-10,17-19,25,28,31-32,43,45H,11-16,20-24,26H2,1-3H3. The number of fused-ring (bicyclic) bond motifs is 1. The molecule has 4 fully saturated rings. The van der Waals surface area contributed by atoms with Gasteiger partial charge in [0.15, 0.2) is 5.78 Å². The van der Waals surface area contributed by atoms with Crippen molar-refractivity contribution in [3.05, 3.63) is 78.0 Å². The number of methoxy groups -OCH3 is 1. The molecule has 8 unspecified atom stereocenters. The van der Waals surface area contributed by atoms with Gasteiger partial charge in [-0.3, -0.25) is 9.69 Å². The highest BCUT2D eigenvalue weighted by Gasteiger charge is 2.74. The molecule has 0 radical (unpaired) electrons. The lowest BCUT2D eigenvalue weighted by Crippen LogP contribution is -2.67. The van der Waals surface area contributed by atoms with Crippen LogP contribution in [0.1, 0.15) is 69.2 Å². The van der Waals surface area contributed by atoms with Gasteiger partial charge in [-0.25, -0.2) is 4.98 Å². The Morgan fingerprint density at radius 1 is 0.935 bits per heavy atom. The van der Waals surface area contributed by atoms with Gasteiger partial charge in [0, 0.05) is 66.3 Å². The maximum absolute atomic E-state index is 14.7. The second kappa shape index (κ2) is 10.5. The van der Waals surface area contributed by atoms with Crippen LogP contribution >= 0.6 is 0 Å². The molecule has 2 N–H and O–H groups in total. The smallest absolute Gasteiger partial charge is 0.189 e. The summed E-state index contributed by atoms with van der Waals surface area (Å²) in [5.41, 5.74) is -0.373. The highest BCUT2D eigenvalue weighted by Crippen LogP contribution is 2.78. The maximum atomic E-state index is 14.7. The average Bonchev–Trinajstić information content (AvgIpc) is 3.35. The SMILES string of the molecule is COc1ccc(C(=O)C2=CC34C=CC25C(CCC2(C)C5CCC2(O)CN2CCN(c5ccccn5)CC2)C3(C)CCC(O)C4)cc1. The first kappa shape index (κ1) is 30.3. The minimum Gasteiger partial charge on any atom is -0.497 e. The van der Waals surface area contributed by atoms with Gasteiger partial charge in [-0.15, -0.1) is 0 Å². The van der Waals surface area contributed by atoms with Crippen molar-refractivity contribution in [2.45, 2.75) is 70.5 Å². The van der Waals surface area contributed by atoms with Gasteiger partial charge in [0.25, 0.3) is 0 Å². The third kappa shape index (κ3) is 4.07. The van der Waals surface area contributed by atoms with Crippen LogP contribution in [0.2, 0.25) is 0 Å². The molecule has 2 spiro atoms. The molecule has 1 aromatic heterocycles. The number of carbonyl (C=O) groups excluding carboxylic acids is 1. The Balaban J connectivity index is 1.14. The van der Waals surface area contributed by atoms with E-state index in [1.807, 2.05) is 42.6 Å². The zero-order chi connectivity index (χ0) is 32.0. The van der Waals surface area contributed by atoms with Crippen molar-refractivity contribution >= 4 is 11.6 Å². The lowest BCUT2D eigenvalue weighted by atomic mass is 9.32. The second-order valence-electron chi connectivity index (χ2n) is 15.8. The number of piperazine rings is 1. The monoisotopic (exact) mass is 623 g/mol. The molecular weight excluding hydrogens is 574 g/mol. The molecule has 7 aliphatic rings. The quantitative estimate of drug-likeness (QED) is 0.316. The molecule has 9 rings (SSSR count). The maximum Gasteiger partial charge on any atom is 0.189 e. The van der Waals surface area contributed by atoms with Crippen molar-refractivity contribution in [1.29, 1.82) is 0 Å². The van der Waals surface area contributed by atoms with Gasteiger partial charge in [-0.2, -0.15) is 0 Å². The van der Waals surface area contributed by atoms with Gasteiger partial charge in [0.2, 0.25) is 0 Å². The fraction of sp³-hybridized carbons (Fsp3) is 0.590. The fourth-order valence-corrected chi connectivity index (χ4v) is 11.5. The van der Waals surface area contributed by atoms with Crippen LogP contribution in [0.3, 0.4) is 0 Å². The highest BCUT2D eigenvalue weighted by atomic mass is 16.5. The van der Waals surface area contributed by atoms with Crippen LogP contribution in [0.4, 0.5) is 5.82 Å².